The minimum absolute atomic E-state index is 0.0255. The highest BCUT2D eigenvalue weighted by atomic mass is 16.2. The summed E-state index contributed by atoms with van der Waals surface area (Å²) in [5.41, 5.74) is 4.12. The summed E-state index contributed by atoms with van der Waals surface area (Å²) in [6, 6.07) is 6.70. The van der Waals surface area contributed by atoms with Gasteiger partial charge in [-0.15, -0.1) is 0 Å². The Morgan fingerprint density at radius 2 is 1.81 bits per heavy atom. The molecule has 1 aromatic rings. The zero-order valence-corrected chi connectivity index (χ0v) is 17.0. The Balaban J connectivity index is 1.47. The second-order valence-corrected chi connectivity index (χ2v) is 8.31. The Labute approximate surface area is 163 Å². The number of piperidine rings is 1. The van der Waals surface area contributed by atoms with Gasteiger partial charge in [0.15, 0.2) is 0 Å². The molecule has 5 nitrogen and oxygen atoms in total. The first-order valence-corrected chi connectivity index (χ1v) is 10.3. The number of hydrogen-bond acceptors (Lipinski definition) is 3. The fourth-order valence-corrected chi connectivity index (χ4v) is 4.30. The molecule has 3 rings (SSSR count). The lowest BCUT2D eigenvalue weighted by molar-refractivity contribution is -0.134. The van der Waals surface area contributed by atoms with Gasteiger partial charge in [-0.2, -0.15) is 0 Å². The smallest absolute Gasteiger partial charge is 0.234 e. The Kier molecular flexibility index (Phi) is 6.53. The van der Waals surface area contributed by atoms with Crippen LogP contribution in [0.25, 0.3) is 0 Å². The second kappa shape index (κ2) is 8.87. The van der Waals surface area contributed by atoms with E-state index in [-0.39, 0.29) is 23.8 Å². The minimum Gasteiger partial charge on any atom is -0.349 e. The number of carbonyl (C=O) groups is 2. The summed E-state index contributed by atoms with van der Waals surface area (Å²) in [6.45, 7) is 4.10. The highest BCUT2D eigenvalue weighted by molar-refractivity contribution is 5.79. The molecule has 1 atom stereocenters. The standard InChI is InChI=1S/C22H33N3O2/c1-16(19-9-8-17-6-4-5-7-20(17)14-19)23-21(26)15-25-12-10-18(11-13-25)22(27)24(2)3/h8-9,14,16,18H,4-7,10-13,15H2,1-3H3,(H,23,26). The van der Waals surface area contributed by atoms with E-state index in [1.165, 1.54) is 36.0 Å². The lowest BCUT2D eigenvalue weighted by Crippen LogP contribution is -2.44. The van der Waals surface area contributed by atoms with Gasteiger partial charge < -0.3 is 10.2 Å². The molecular weight excluding hydrogens is 338 g/mol. The molecule has 5 heteroatoms. The Morgan fingerprint density at radius 3 is 2.48 bits per heavy atom. The van der Waals surface area contributed by atoms with Crippen LogP contribution >= 0.6 is 0 Å². The van der Waals surface area contributed by atoms with E-state index < -0.39 is 0 Å². The third-order valence-electron chi connectivity index (χ3n) is 5.99. The van der Waals surface area contributed by atoms with Crippen molar-refractivity contribution in [3.8, 4) is 0 Å². The fraction of sp³-hybridized carbons (Fsp3) is 0.636. The van der Waals surface area contributed by atoms with Gasteiger partial charge in [-0.3, -0.25) is 14.5 Å². The van der Waals surface area contributed by atoms with Gasteiger partial charge in [0, 0.05) is 20.0 Å². The SMILES string of the molecule is CC(NC(=O)CN1CCC(C(=O)N(C)C)CC1)c1ccc2c(c1)CCCC2. The molecule has 148 valence electrons. The molecule has 0 spiro atoms. The number of fused-ring (bicyclic) bond motifs is 1. The van der Waals surface area contributed by atoms with E-state index in [0.717, 1.165) is 32.4 Å². The molecule has 1 N–H and O–H groups in total. The maximum absolute atomic E-state index is 12.5. The third kappa shape index (κ3) is 5.10. The number of nitrogens with zero attached hydrogens (tertiary/aromatic N) is 2. The summed E-state index contributed by atoms with van der Waals surface area (Å²) >= 11 is 0. The van der Waals surface area contributed by atoms with Gasteiger partial charge in [0.1, 0.15) is 0 Å². The van der Waals surface area contributed by atoms with E-state index in [2.05, 4.69) is 35.3 Å². The van der Waals surface area contributed by atoms with Crippen LogP contribution in [0.15, 0.2) is 18.2 Å². The van der Waals surface area contributed by atoms with E-state index in [9.17, 15) is 9.59 Å². The maximum Gasteiger partial charge on any atom is 0.234 e. The average molecular weight is 372 g/mol. The predicted molar refractivity (Wildman–Crippen MR) is 107 cm³/mol. The van der Waals surface area contributed by atoms with Gasteiger partial charge in [-0.25, -0.2) is 0 Å². The molecule has 2 amide bonds. The summed E-state index contributed by atoms with van der Waals surface area (Å²) in [6.07, 6.45) is 6.57. The van der Waals surface area contributed by atoms with Crippen molar-refractivity contribution in [3.05, 3.63) is 34.9 Å². The average Bonchev–Trinajstić information content (AvgIpc) is 2.67. The first-order valence-electron chi connectivity index (χ1n) is 10.3. The van der Waals surface area contributed by atoms with Crippen LogP contribution in [0.1, 0.15) is 55.3 Å². The van der Waals surface area contributed by atoms with Crippen LogP contribution in [0.4, 0.5) is 0 Å². The summed E-state index contributed by atoms with van der Waals surface area (Å²) in [5.74, 6) is 0.381. The second-order valence-electron chi connectivity index (χ2n) is 8.31. The summed E-state index contributed by atoms with van der Waals surface area (Å²) < 4.78 is 0. The van der Waals surface area contributed by atoms with Gasteiger partial charge in [0.05, 0.1) is 12.6 Å². The van der Waals surface area contributed by atoms with Crippen molar-refractivity contribution in [2.75, 3.05) is 33.7 Å². The van der Waals surface area contributed by atoms with E-state index in [1.54, 1.807) is 4.90 Å². The van der Waals surface area contributed by atoms with Crippen molar-refractivity contribution < 1.29 is 9.59 Å². The van der Waals surface area contributed by atoms with Crippen molar-refractivity contribution in [2.24, 2.45) is 5.92 Å². The van der Waals surface area contributed by atoms with Gasteiger partial charge in [-0.05, 0) is 75.2 Å². The molecule has 1 aliphatic heterocycles. The van der Waals surface area contributed by atoms with Crippen LogP contribution < -0.4 is 5.32 Å². The molecule has 0 saturated carbocycles. The number of hydrogen-bond donors (Lipinski definition) is 1. The molecular formula is C22H33N3O2. The first kappa shape index (κ1) is 19.9. The number of amides is 2. The summed E-state index contributed by atoms with van der Waals surface area (Å²) in [4.78, 5) is 28.4. The minimum atomic E-state index is 0.0255. The third-order valence-corrected chi connectivity index (χ3v) is 5.99. The van der Waals surface area contributed by atoms with Crippen molar-refractivity contribution in [1.82, 2.24) is 15.1 Å². The van der Waals surface area contributed by atoms with Gasteiger partial charge >= 0.3 is 0 Å². The van der Waals surface area contributed by atoms with E-state index >= 15 is 0 Å². The van der Waals surface area contributed by atoms with Crippen LogP contribution in [-0.4, -0.2) is 55.3 Å². The summed E-state index contributed by atoms with van der Waals surface area (Å²) in [7, 11) is 3.62. The molecule has 1 saturated heterocycles. The normalized spacial score (nSPS) is 19.2. The number of nitrogens with one attached hydrogen (secondary N) is 1. The van der Waals surface area contributed by atoms with Crippen molar-refractivity contribution in [2.45, 2.75) is 51.5 Å². The van der Waals surface area contributed by atoms with Crippen LogP contribution in [0.2, 0.25) is 0 Å². The fourth-order valence-electron chi connectivity index (χ4n) is 4.30. The van der Waals surface area contributed by atoms with E-state index in [1.807, 2.05) is 14.1 Å². The predicted octanol–water partition coefficient (Wildman–Crippen LogP) is 2.54. The first-order chi connectivity index (χ1) is 12.9. The number of likely N-dealkylation sites (tertiary alicyclic amines) is 1. The number of aryl methyl sites for hydroxylation is 2. The molecule has 0 radical (unpaired) electrons. The Hall–Kier alpha value is -1.88. The molecule has 0 aromatic heterocycles. The quantitative estimate of drug-likeness (QED) is 0.865. The number of rotatable bonds is 5. The van der Waals surface area contributed by atoms with E-state index in [0.29, 0.717) is 6.54 Å². The van der Waals surface area contributed by atoms with Crippen LogP contribution in [-0.2, 0) is 22.4 Å². The highest BCUT2D eigenvalue weighted by Gasteiger charge is 2.27. The van der Waals surface area contributed by atoms with Crippen LogP contribution in [0.5, 0.6) is 0 Å². The van der Waals surface area contributed by atoms with Crippen molar-refractivity contribution in [1.29, 1.82) is 0 Å². The Bertz CT molecular complexity index is 678. The largest absolute Gasteiger partial charge is 0.349 e. The lowest BCUT2D eigenvalue weighted by Gasteiger charge is -2.32. The zero-order valence-electron chi connectivity index (χ0n) is 17.0. The molecule has 1 unspecified atom stereocenters. The molecule has 2 aliphatic rings. The van der Waals surface area contributed by atoms with Gasteiger partial charge in [0.25, 0.3) is 0 Å². The molecule has 1 heterocycles. The Morgan fingerprint density at radius 1 is 1.15 bits per heavy atom. The topological polar surface area (TPSA) is 52.7 Å². The van der Waals surface area contributed by atoms with Crippen LogP contribution in [0, 0.1) is 5.92 Å². The monoisotopic (exact) mass is 371 g/mol. The highest BCUT2D eigenvalue weighted by Crippen LogP contribution is 2.25. The molecule has 27 heavy (non-hydrogen) atoms. The van der Waals surface area contributed by atoms with Crippen molar-refractivity contribution in [3.63, 3.8) is 0 Å². The number of carbonyl (C=O) groups excluding carboxylic acids is 2. The van der Waals surface area contributed by atoms with Gasteiger partial charge in [0.2, 0.25) is 11.8 Å². The van der Waals surface area contributed by atoms with Crippen molar-refractivity contribution >= 4 is 11.8 Å². The summed E-state index contributed by atoms with van der Waals surface area (Å²) in [5, 5.41) is 3.15. The zero-order chi connectivity index (χ0) is 19.4. The van der Waals surface area contributed by atoms with E-state index in [4.69, 9.17) is 0 Å². The molecule has 0 bridgehead atoms. The molecule has 1 aromatic carbocycles. The van der Waals surface area contributed by atoms with Gasteiger partial charge in [-0.1, -0.05) is 18.2 Å². The molecule has 1 aliphatic carbocycles. The molecule has 1 fully saturated rings. The van der Waals surface area contributed by atoms with Crippen LogP contribution in [0.3, 0.4) is 0 Å². The maximum atomic E-state index is 12.5. The number of benzene rings is 1. The lowest BCUT2D eigenvalue weighted by atomic mass is 9.89.